The molecule has 1 amide bonds. The van der Waals surface area contributed by atoms with E-state index in [1.807, 2.05) is 0 Å². The van der Waals surface area contributed by atoms with E-state index in [0.717, 1.165) is 5.56 Å². The lowest BCUT2D eigenvalue weighted by Gasteiger charge is -2.32. The van der Waals surface area contributed by atoms with Crippen molar-refractivity contribution in [2.45, 2.75) is 25.3 Å². The number of amides is 1. The number of carbonyl (C=O) groups excluding carboxylic acids is 1. The summed E-state index contributed by atoms with van der Waals surface area (Å²) in [7, 11) is 1.51. The molecule has 1 saturated heterocycles. The van der Waals surface area contributed by atoms with Crippen molar-refractivity contribution >= 4 is 17.5 Å². The molecule has 0 aliphatic carbocycles. The minimum atomic E-state index is -0.321. The van der Waals surface area contributed by atoms with Gasteiger partial charge in [0.1, 0.15) is 17.4 Å². The van der Waals surface area contributed by atoms with Gasteiger partial charge < -0.3 is 9.64 Å². The molecule has 1 aliphatic rings. The van der Waals surface area contributed by atoms with Gasteiger partial charge in [-0.3, -0.25) is 9.36 Å². The van der Waals surface area contributed by atoms with Gasteiger partial charge in [0.25, 0.3) is 5.91 Å². The van der Waals surface area contributed by atoms with Gasteiger partial charge in [-0.1, -0.05) is 23.7 Å². The Kier molecular flexibility index (Phi) is 6.08. The van der Waals surface area contributed by atoms with E-state index in [1.54, 1.807) is 39.8 Å². The molecule has 7 nitrogen and oxygen atoms in total. The smallest absolute Gasteiger partial charge is 0.343 e. The first-order valence-electron chi connectivity index (χ1n) is 9.98. The molecular weight excluding hydrogens is 423 g/mol. The minimum absolute atomic E-state index is 0.0376. The highest BCUT2D eigenvalue weighted by Gasteiger charge is 2.29. The fourth-order valence-corrected chi connectivity index (χ4v) is 4.08. The number of rotatable bonds is 5. The molecule has 0 atom stereocenters. The molecule has 0 saturated carbocycles. The Labute approximate surface area is 183 Å². The summed E-state index contributed by atoms with van der Waals surface area (Å²) in [6.45, 7) is 1.38. The van der Waals surface area contributed by atoms with Crippen molar-refractivity contribution in [2.75, 3.05) is 20.2 Å². The summed E-state index contributed by atoms with van der Waals surface area (Å²) >= 11 is 5.99. The number of likely N-dealkylation sites (tertiary alicyclic amines) is 1. The largest absolute Gasteiger partial charge is 0.496 e. The maximum atomic E-state index is 13.2. The minimum Gasteiger partial charge on any atom is -0.496 e. The lowest BCUT2D eigenvalue weighted by atomic mass is 9.95. The van der Waals surface area contributed by atoms with Crippen LogP contribution in [0, 0.1) is 5.82 Å². The van der Waals surface area contributed by atoms with Crippen molar-refractivity contribution < 1.29 is 13.9 Å². The lowest BCUT2D eigenvalue weighted by Crippen LogP contribution is -2.38. The van der Waals surface area contributed by atoms with Gasteiger partial charge in [-0.15, -0.1) is 0 Å². The molecule has 1 aliphatic heterocycles. The average Bonchev–Trinajstić information content (AvgIpc) is 3.15. The molecule has 2 heterocycles. The molecule has 0 spiro atoms. The number of ether oxygens (including phenoxy) is 1. The van der Waals surface area contributed by atoms with Crippen LogP contribution in [-0.4, -0.2) is 45.8 Å². The third-order valence-corrected chi connectivity index (χ3v) is 5.82. The summed E-state index contributed by atoms with van der Waals surface area (Å²) in [6.07, 6.45) is 1.35. The first-order chi connectivity index (χ1) is 15.0. The summed E-state index contributed by atoms with van der Waals surface area (Å²) in [5, 5.41) is 7.26. The second-order valence-electron chi connectivity index (χ2n) is 7.51. The Morgan fingerprint density at radius 1 is 1.23 bits per heavy atom. The number of halogens is 2. The number of nitrogens with one attached hydrogen (secondary N) is 1. The Hall–Kier alpha value is -3.13. The van der Waals surface area contributed by atoms with Crippen LogP contribution in [0.1, 0.15) is 40.5 Å². The van der Waals surface area contributed by atoms with E-state index >= 15 is 0 Å². The molecule has 3 aromatic rings. The number of carbonyl (C=O) groups is 1. The van der Waals surface area contributed by atoms with E-state index in [2.05, 4.69) is 10.2 Å². The Morgan fingerprint density at radius 2 is 1.94 bits per heavy atom. The van der Waals surface area contributed by atoms with Crippen molar-refractivity contribution in [1.82, 2.24) is 19.7 Å². The molecule has 162 valence electrons. The molecule has 0 bridgehead atoms. The van der Waals surface area contributed by atoms with E-state index < -0.39 is 0 Å². The molecule has 0 unspecified atom stereocenters. The van der Waals surface area contributed by atoms with Gasteiger partial charge in [0, 0.05) is 24.0 Å². The van der Waals surface area contributed by atoms with Crippen LogP contribution in [0.2, 0.25) is 5.02 Å². The molecule has 1 N–H and O–H groups in total. The second kappa shape index (κ2) is 8.93. The SMILES string of the molecule is COc1cc(Cl)ccc1C(=O)N1CCC(c2n[nH]c(=O)n2Cc2ccc(F)cc2)CC1. The van der Waals surface area contributed by atoms with Crippen LogP contribution >= 0.6 is 11.6 Å². The number of methoxy groups -OCH3 is 1. The van der Waals surface area contributed by atoms with Crippen molar-refractivity contribution in [3.05, 3.63) is 80.7 Å². The third-order valence-electron chi connectivity index (χ3n) is 5.58. The van der Waals surface area contributed by atoms with E-state index in [-0.39, 0.29) is 23.3 Å². The zero-order valence-electron chi connectivity index (χ0n) is 17.0. The molecule has 4 rings (SSSR count). The van der Waals surface area contributed by atoms with Crippen LogP contribution in [0.5, 0.6) is 5.75 Å². The number of nitrogens with zero attached hydrogens (tertiary/aromatic N) is 3. The number of piperidine rings is 1. The number of aromatic amines is 1. The highest BCUT2D eigenvalue weighted by Crippen LogP contribution is 2.29. The summed E-state index contributed by atoms with van der Waals surface area (Å²) in [4.78, 5) is 27.0. The van der Waals surface area contributed by atoms with Crippen molar-refractivity contribution in [3.8, 4) is 5.75 Å². The lowest BCUT2D eigenvalue weighted by molar-refractivity contribution is 0.0707. The van der Waals surface area contributed by atoms with Crippen molar-refractivity contribution in [3.63, 3.8) is 0 Å². The molecule has 31 heavy (non-hydrogen) atoms. The quantitative estimate of drug-likeness (QED) is 0.653. The number of hydrogen-bond acceptors (Lipinski definition) is 4. The Bertz CT molecular complexity index is 1130. The first-order valence-corrected chi connectivity index (χ1v) is 10.4. The standard InChI is InChI=1S/C22H22ClFN4O3/c1-31-19-12-16(23)4-7-18(19)21(29)27-10-8-15(9-11-27)20-25-26-22(30)28(20)13-14-2-5-17(24)6-3-14/h2-7,12,15H,8-11,13H2,1H3,(H,26,30). The van der Waals surface area contributed by atoms with Gasteiger partial charge in [-0.25, -0.2) is 14.3 Å². The van der Waals surface area contributed by atoms with Gasteiger partial charge in [0.05, 0.1) is 19.2 Å². The predicted molar refractivity (Wildman–Crippen MR) is 114 cm³/mol. The fourth-order valence-electron chi connectivity index (χ4n) is 3.92. The first kappa shape index (κ1) is 21.1. The van der Waals surface area contributed by atoms with E-state index in [0.29, 0.717) is 54.6 Å². The predicted octanol–water partition coefficient (Wildman–Crippen LogP) is 3.44. The van der Waals surface area contributed by atoms with Gasteiger partial charge in [0.2, 0.25) is 0 Å². The highest BCUT2D eigenvalue weighted by atomic mass is 35.5. The van der Waals surface area contributed by atoms with E-state index in [4.69, 9.17) is 16.3 Å². The molecule has 0 radical (unpaired) electrons. The molecular formula is C22H22ClFN4O3. The number of hydrogen-bond donors (Lipinski definition) is 1. The maximum absolute atomic E-state index is 13.2. The summed E-state index contributed by atoms with van der Waals surface area (Å²) in [5.41, 5.74) is 0.982. The third kappa shape index (κ3) is 4.49. The molecule has 1 aromatic heterocycles. The number of aromatic nitrogens is 3. The zero-order chi connectivity index (χ0) is 22.0. The van der Waals surface area contributed by atoms with Crippen molar-refractivity contribution in [1.29, 1.82) is 0 Å². The summed E-state index contributed by atoms with van der Waals surface area (Å²) < 4.78 is 20.1. The maximum Gasteiger partial charge on any atom is 0.343 e. The van der Waals surface area contributed by atoms with Crippen molar-refractivity contribution in [2.24, 2.45) is 0 Å². The summed E-state index contributed by atoms with van der Waals surface area (Å²) in [5.74, 6) is 0.705. The molecule has 9 heteroatoms. The monoisotopic (exact) mass is 444 g/mol. The topological polar surface area (TPSA) is 80.2 Å². The van der Waals surface area contributed by atoms with Crippen LogP contribution in [0.25, 0.3) is 0 Å². The van der Waals surface area contributed by atoms with Crippen LogP contribution in [0.15, 0.2) is 47.3 Å². The second-order valence-corrected chi connectivity index (χ2v) is 7.95. The van der Waals surface area contributed by atoms with Crippen LogP contribution < -0.4 is 10.4 Å². The Balaban J connectivity index is 1.46. The molecule has 1 fully saturated rings. The Morgan fingerprint density at radius 3 is 2.61 bits per heavy atom. The zero-order valence-corrected chi connectivity index (χ0v) is 17.7. The number of benzene rings is 2. The highest BCUT2D eigenvalue weighted by molar-refractivity contribution is 6.30. The van der Waals surface area contributed by atoms with Gasteiger partial charge in [-0.05, 0) is 48.7 Å². The van der Waals surface area contributed by atoms with Gasteiger partial charge >= 0.3 is 5.69 Å². The summed E-state index contributed by atoms with van der Waals surface area (Å²) in [6, 6.07) is 11.0. The van der Waals surface area contributed by atoms with Gasteiger partial charge in [-0.2, -0.15) is 5.10 Å². The normalized spacial score (nSPS) is 14.6. The van der Waals surface area contributed by atoms with Crippen LogP contribution in [0.3, 0.4) is 0 Å². The molecule has 2 aromatic carbocycles. The van der Waals surface area contributed by atoms with Gasteiger partial charge in [0.15, 0.2) is 0 Å². The number of H-pyrrole nitrogens is 1. The van der Waals surface area contributed by atoms with Crippen LogP contribution in [-0.2, 0) is 6.54 Å². The fraction of sp³-hybridized carbons (Fsp3) is 0.318. The van der Waals surface area contributed by atoms with E-state index in [1.165, 1.54) is 19.2 Å². The van der Waals surface area contributed by atoms with Crippen LogP contribution in [0.4, 0.5) is 4.39 Å². The average molecular weight is 445 g/mol. The van der Waals surface area contributed by atoms with E-state index in [9.17, 15) is 14.0 Å².